The number of carbonyl (C=O) groups is 3. The van der Waals surface area contributed by atoms with Gasteiger partial charge in [0.05, 0.1) is 24.3 Å². The zero-order chi connectivity index (χ0) is 18.7. The Hall–Kier alpha value is -2.37. The van der Waals surface area contributed by atoms with E-state index >= 15 is 0 Å². The number of esters is 3. The van der Waals surface area contributed by atoms with Crippen molar-refractivity contribution in [1.82, 2.24) is 0 Å². The highest BCUT2D eigenvalue weighted by Gasteiger charge is 2.24. The van der Waals surface area contributed by atoms with Crippen LogP contribution < -0.4 is 0 Å². The van der Waals surface area contributed by atoms with Crippen molar-refractivity contribution in [3.05, 3.63) is 35.4 Å². The van der Waals surface area contributed by atoms with Gasteiger partial charge in [-0.25, -0.2) is 14.4 Å². The molecule has 1 atom stereocenters. The summed E-state index contributed by atoms with van der Waals surface area (Å²) in [6, 6.07) is 6.21. The minimum absolute atomic E-state index is 0.0669. The number of rotatable bonds is 10. The van der Waals surface area contributed by atoms with E-state index in [0.717, 1.165) is 25.7 Å². The molecule has 0 aliphatic rings. The molecule has 0 aliphatic heterocycles. The van der Waals surface area contributed by atoms with Crippen LogP contribution in [0.25, 0.3) is 0 Å². The summed E-state index contributed by atoms with van der Waals surface area (Å²) in [5.41, 5.74) is 0.187. The standard InChI is InChI=1S/C19H26O6/c1-4-6-12-23-17(20)14(3)25-19(22)16-11-9-8-10-15(16)18(21)24-13-7-5-2/h8-11,14H,4-7,12-13H2,1-3H3/t14-/m1/s1. The SMILES string of the molecule is CCCCOC(=O)c1ccccc1C(=O)O[C@H](C)C(=O)OCCCC. The fourth-order valence-electron chi connectivity index (χ4n) is 1.93. The minimum atomic E-state index is -1.05. The van der Waals surface area contributed by atoms with Crippen LogP contribution in [0.4, 0.5) is 0 Å². The van der Waals surface area contributed by atoms with Crippen molar-refractivity contribution in [2.75, 3.05) is 13.2 Å². The molecule has 0 amide bonds. The summed E-state index contributed by atoms with van der Waals surface area (Å²) in [6.45, 7) is 5.98. The molecule has 0 unspecified atom stereocenters. The summed E-state index contributed by atoms with van der Waals surface area (Å²) in [4.78, 5) is 36.2. The van der Waals surface area contributed by atoms with Crippen LogP contribution in [-0.2, 0) is 19.0 Å². The fourth-order valence-corrected chi connectivity index (χ4v) is 1.93. The largest absolute Gasteiger partial charge is 0.463 e. The smallest absolute Gasteiger partial charge is 0.347 e. The molecular weight excluding hydrogens is 324 g/mol. The van der Waals surface area contributed by atoms with E-state index in [9.17, 15) is 14.4 Å². The number of benzene rings is 1. The lowest BCUT2D eigenvalue weighted by atomic mass is 10.1. The average Bonchev–Trinajstić information content (AvgIpc) is 2.61. The molecule has 1 aromatic rings. The molecule has 0 saturated heterocycles. The summed E-state index contributed by atoms with van der Waals surface area (Å²) >= 11 is 0. The second-order valence-corrected chi connectivity index (χ2v) is 5.60. The molecule has 0 bridgehead atoms. The molecule has 0 radical (unpaired) electrons. The van der Waals surface area contributed by atoms with Gasteiger partial charge in [0.1, 0.15) is 0 Å². The average molecular weight is 350 g/mol. The Morgan fingerprint density at radius 1 is 0.880 bits per heavy atom. The zero-order valence-electron chi connectivity index (χ0n) is 15.1. The Morgan fingerprint density at radius 3 is 1.96 bits per heavy atom. The fraction of sp³-hybridized carbons (Fsp3) is 0.526. The molecule has 1 rings (SSSR count). The van der Waals surface area contributed by atoms with Crippen molar-refractivity contribution >= 4 is 17.9 Å². The van der Waals surface area contributed by atoms with E-state index in [-0.39, 0.29) is 17.7 Å². The lowest BCUT2D eigenvalue weighted by molar-refractivity contribution is -0.153. The molecule has 0 N–H and O–H groups in total. The van der Waals surface area contributed by atoms with E-state index in [4.69, 9.17) is 14.2 Å². The van der Waals surface area contributed by atoms with Gasteiger partial charge in [-0.2, -0.15) is 0 Å². The van der Waals surface area contributed by atoms with Crippen LogP contribution in [0.5, 0.6) is 0 Å². The molecular formula is C19H26O6. The van der Waals surface area contributed by atoms with Gasteiger partial charge in [0.15, 0.2) is 6.10 Å². The third-order valence-corrected chi connectivity index (χ3v) is 3.46. The minimum Gasteiger partial charge on any atom is -0.463 e. The van der Waals surface area contributed by atoms with Crippen molar-refractivity contribution < 1.29 is 28.6 Å². The second-order valence-electron chi connectivity index (χ2n) is 5.60. The maximum atomic E-state index is 12.3. The van der Waals surface area contributed by atoms with Crippen molar-refractivity contribution in [2.24, 2.45) is 0 Å². The van der Waals surface area contributed by atoms with Gasteiger partial charge >= 0.3 is 17.9 Å². The first-order chi connectivity index (χ1) is 12.0. The zero-order valence-corrected chi connectivity index (χ0v) is 15.1. The van der Waals surface area contributed by atoms with Crippen LogP contribution in [0.15, 0.2) is 24.3 Å². The summed E-state index contributed by atoms with van der Waals surface area (Å²) in [6.07, 6.45) is 2.25. The Labute approximate surface area is 148 Å². The molecule has 0 saturated carbocycles. The van der Waals surface area contributed by atoms with Crippen LogP contribution in [0.2, 0.25) is 0 Å². The molecule has 0 fully saturated rings. The quantitative estimate of drug-likeness (QED) is 0.365. The lowest BCUT2D eigenvalue weighted by Gasteiger charge is -2.14. The maximum absolute atomic E-state index is 12.3. The number of hydrogen-bond acceptors (Lipinski definition) is 6. The van der Waals surface area contributed by atoms with Gasteiger partial charge in [-0.1, -0.05) is 38.8 Å². The summed E-state index contributed by atoms with van der Waals surface area (Å²) in [5.74, 6) is -1.95. The monoisotopic (exact) mass is 350 g/mol. The van der Waals surface area contributed by atoms with E-state index in [1.807, 2.05) is 13.8 Å². The van der Waals surface area contributed by atoms with E-state index in [0.29, 0.717) is 6.61 Å². The third kappa shape index (κ3) is 6.95. The van der Waals surface area contributed by atoms with Crippen LogP contribution >= 0.6 is 0 Å². The van der Waals surface area contributed by atoms with E-state index in [1.165, 1.54) is 19.1 Å². The first-order valence-corrected chi connectivity index (χ1v) is 8.65. The number of unbranched alkanes of at least 4 members (excludes halogenated alkanes) is 2. The lowest BCUT2D eigenvalue weighted by Crippen LogP contribution is -2.27. The van der Waals surface area contributed by atoms with Crippen molar-refractivity contribution in [3.63, 3.8) is 0 Å². The predicted molar refractivity (Wildman–Crippen MR) is 92.4 cm³/mol. The van der Waals surface area contributed by atoms with E-state index < -0.39 is 24.0 Å². The number of hydrogen-bond donors (Lipinski definition) is 0. The van der Waals surface area contributed by atoms with Crippen LogP contribution in [0, 0.1) is 0 Å². The summed E-state index contributed by atoms with van der Waals surface area (Å²) in [7, 11) is 0. The van der Waals surface area contributed by atoms with Gasteiger partial charge in [0, 0.05) is 0 Å². The van der Waals surface area contributed by atoms with Crippen molar-refractivity contribution in [3.8, 4) is 0 Å². The highest BCUT2D eigenvalue weighted by atomic mass is 16.6. The van der Waals surface area contributed by atoms with Crippen LogP contribution in [-0.4, -0.2) is 37.2 Å². The molecule has 0 spiro atoms. The maximum Gasteiger partial charge on any atom is 0.347 e. The van der Waals surface area contributed by atoms with Gasteiger partial charge in [0.25, 0.3) is 0 Å². The number of carbonyl (C=O) groups excluding carboxylic acids is 3. The molecule has 1 aromatic carbocycles. The van der Waals surface area contributed by atoms with Crippen LogP contribution in [0.1, 0.15) is 67.2 Å². The molecule has 6 heteroatoms. The Balaban J connectivity index is 2.71. The first-order valence-electron chi connectivity index (χ1n) is 8.65. The van der Waals surface area contributed by atoms with Gasteiger partial charge in [-0.05, 0) is 31.9 Å². The number of ether oxygens (including phenoxy) is 3. The first kappa shape index (κ1) is 20.7. The van der Waals surface area contributed by atoms with Gasteiger partial charge in [0.2, 0.25) is 0 Å². The van der Waals surface area contributed by atoms with Crippen molar-refractivity contribution in [1.29, 1.82) is 0 Å². The summed E-state index contributed by atoms with van der Waals surface area (Å²) in [5, 5.41) is 0. The van der Waals surface area contributed by atoms with Crippen LogP contribution in [0.3, 0.4) is 0 Å². The Morgan fingerprint density at radius 2 is 1.40 bits per heavy atom. The van der Waals surface area contributed by atoms with E-state index in [1.54, 1.807) is 12.1 Å². The summed E-state index contributed by atoms with van der Waals surface area (Å²) < 4.78 is 15.3. The second kappa shape index (κ2) is 11.2. The van der Waals surface area contributed by atoms with Crippen molar-refractivity contribution in [2.45, 2.75) is 52.6 Å². The molecule has 25 heavy (non-hydrogen) atoms. The van der Waals surface area contributed by atoms with Gasteiger partial charge in [-0.15, -0.1) is 0 Å². The molecule has 6 nitrogen and oxygen atoms in total. The van der Waals surface area contributed by atoms with Gasteiger partial charge < -0.3 is 14.2 Å². The Bertz CT molecular complexity index is 581. The third-order valence-electron chi connectivity index (χ3n) is 3.46. The highest BCUT2D eigenvalue weighted by Crippen LogP contribution is 2.14. The molecule has 0 aliphatic carbocycles. The molecule has 0 heterocycles. The highest BCUT2D eigenvalue weighted by molar-refractivity contribution is 6.03. The predicted octanol–water partition coefficient (Wildman–Crippen LogP) is 3.53. The topological polar surface area (TPSA) is 78.9 Å². The molecule has 0 aromatic heterocycles. The molecule has 138 valence electrons. The normalized spacial score (nSPS) is 11.5. The van der Waals surface area contributed by atoms with Gasteiger partial charge in [-0.3, -0.25) is 0 Å². The van der Waals surface area contributed by atoms with E-state index in [2.05, 4.69) is 0 Å². The Kier molecular flexibility index (Phi) is 9.29.